The lowest BCUT2D eigenvalue weighted by Gasteiger charge is -2.28. The molecule has 0 saturated heterocycles. The van der Waals surface area contributed by atoms with Gasteiger partial charge in [-0.25, -0.2) is 4.98 Å². The smallest absolute Gasteiger partial charge is 0.203 e. The van der Waals surface area contributed by atoms with Gasteiger partial charge < -0.3 is 14.6 Å². The van der Waals surface area contributed by atoms with Gasteiger partial charge in [-0.05, 0) is 25.2 Å². The molecule has 1 aromatic heterocycles. The van der Waals surface area contributed by atoms with E-state index in [-0.39, 0.29) is 0 Å². The lowest BCUT2D eigenvalue weighted by atomic mass is 9.87. The first-order valence-corrected chi connectivity index (χ1v) is 6.82. The summed E-state index contributed by atoms with van der Waals surface area (Å²) in [4.78, 5) is 4.59. The molecule has 0 spiro atoms. The van der Waals surface area contributed by atoms with Crippen LogP contribution in [0, 0.1) is 12.3 Å². The maximum absolute atomic E-state index is 5.14. The molecule has 1 saturated carbocycles. The van der Waals surface area contributed by atoms with E-state index >= 15 is 0 Å². The number of aromatic nitrogens is 2. The molecule has 102 valence electrons. The van der Waals surface area contributed by atoms with Crippen LogP contribution in [0.4, 0.5) is 5.95 Å². The Hall–Kier alpha value is -1.03. The fourth-order valence-corrected chi connectivity index (χ4v) is 2.77. The minimum absolute atomic E-state index is 0.367. The van der Waals surface area contributed by atoms with E-state index in [9.17, 15) is 0 Å². The normalized spacial score (nSPS) is 22.3. The van der Waals surface area contributed by atoms with Crippen LogP contribution in [0.25, 0.3) is 0 Å². The number of nitrogens with one attached hydrogen (secondary N) is 1. The molecule has 0 aliphatic heterocycles. The summed E-state index contributed by atoms with van der Waals surface area (Å²) in [5.41, 5.74) is 1.43. The van der Waals surface area contributed by atoms with Crippen LogP contribution in [0.1, 0.15) is 38.8 Å². The molecule has 0 amide bonds. The van der Waals surface area contributed by atoms with Gasteiger partial charge in [-0.3, -0.25) is 0 Å². The van der Waals surface area contributed by atoms with Gasteiger partial charge in [-0.1, -0.05) is 20.3 Å². The molecule has 2 rings (SSSR count). The number of rotatable bonds is 5. The Morgan fingerprint density at radius 1 is 1.56 bits per heavy atom. The minimum Gasteiger partial charge on any atom is -0.383 e. The third kappa shape index (κ3) is 2.86. The first-order chi connectivity index (χ1) is 8.53. The first kappa shape index (κ1) is 13.4. The molecule has 1 unspecified atom stereocenters. The largest absolute Gasteiger partial charge is 0.383 e. The topological polar surface area (TPSA) is 39.1 Å². The Labute approximate surface area is 110 Å². The van der Waals surface area contributed by atoms with Crippen LogP contribution in [0.3, 0.4) is 0 Å². The Kier molecular flexibility index (Phi) is 3.95. The van der Waals surface area contributed by atoms with Gasteiger partial charge in [-0.2, -0.15) is 0 Å². The van der Waals surface area contributed by atoms with Crippen LogP contribution < -0.4 is 5.32 Å². The molecule has 1 atom stereocenters. The highest BCUT2D eigenvalue weighted by Crippen LogP contribution is 2.38. The molecular weight excluding hydrogens is 226 g/mol. The van der Waals surface area contributed by atoms with Gasteiger partial charge in [0.2, 0.25) is 5.95 Å². The molecular formula is C14H25N3O. The fourth-order valence-electron chi connectivity index (χ4n) is 2.77. The van der Waals surface area contributed by atoms with Crippen molar-refractivity contribution in [3.63, 3.8) is 0 Å². The zero-order valence-corrected chi connectivity index (χ0v) is 12.0. The van der Waals surface area contributed by atoms with Crippen molar-refractivity contribution in [1.29, 1.82) is 0 Å². The maximum atomic E-state index is 5.14. The quantitative estimate of drug-likeness (QED) is 0.874. The van der Waals surface area contributed by atoms with E-state index in [0.29, 0.717) is 11.5 Å². The van der Waals surface area contributed by atoms with E-state index < -0.39 is 0 Å². The van der Waals surface area contributed by atoms with Crippen molar-refractivity contribution in [3.8, 4) is 0 Å². The summed E-state index contributed by atoms with van der Waals surface area (Å²) in [6.45, 7) is 8.29. The third-order valence-corrected chi connectivity index (χ3v) is 3.99. The van der Waals surface area contributed by atoms with E-state index in [0.717, 1.165) is 24.8 Å². The predicted molar refractivity (Wildman–Crippen MR) is 73.9 cm³/mol. The molecule has 0 bridgehead atoms. The second-order valence-electron chi connectivity index (χ2n) is 5.97. The number of methoxy groups -OCH3 is 1. The van der Waals surface area contributed by atoms with Crippen LogP contribution in [0.2, 0.25) is 0 Å². The fraction of sp³-hybridized carbons (Fsp3) is 0.786. The number of aryl methyl sites for hydroxylation is 1. The van der Waals surface area contributed by atoms with Gasteiger partial charge in [0.15, 0.2) is 0 Å². The molecule has 4 nitrogen and oxygen atoms in total. The minimum atomic E-state index is 0.367. The summed E-state index contributed by atoms with van der Waals surface area (Å²) in [5, 5.41) is 3.63. The van der Waals surface area contributed by atoms with Crippen molar-refractivity contribution in [2.24, 2.45) is 5.41 Å². The molecule has 1 heterocycles. The maximum Gasteiger partial charge on any atom is 0.203 e. The van der Waals surface area contributed by atoms with Gasteiger partial charge in [0.05, 0.1) is 12.3 Å². The van der Waals surface area contributed by atoms with Crippen molar-refractivity contribution in [2.75, 3.05) is 19.0 Å². The van der Waals surface area contributed by atoms with Gasteiger partial charge in [0.25, 0.3) is 0 Å². The number of hydrogen-bond acceptors (Lipinski definition) is 3. The Morgan fingerprint density at radius 3 is 2.94 bits per heavy atom. The SMILES string of the molecule is COCCn1cc(C)nc1NC1CCCC1(C)C. The number of anilines is 1. The van der Waals surface area contributed by atoms with Crippen molar-refractivity contribution < 1.29 is 4.74 Å². The molecule has 1 aliphatic rings. The second kappa shape index (κ2) is 5.31. The van der Waals surface area contributed by atoms with E-state index in [4.69, 9.17) is 4.74 Å². The van der Waals surface area contributed by atoms with Crippen LogP contribution in [-0.2, 0) is 11.3 Å². The molecule has 1 fully saturated rings. The molecule has 1 aromatic rings. The monoisotopic (exact) mass is 251 g/mol. The summed E-state index contributed by atoms with van der Waals surface area (Å²) in [7, 11) is 1.73. The summed E-state index contributed by atoms with van der Waals surface area (Å²) in [6.07, 6.45) is 5.93. The highest BCUT2D eigenvalue weighted by atomic mass is 16.5. The van der Waals surface area contributed by atoms with Crippen LogP contribution in [-0.4, -0.2) is 29.3 Å². The van der Waals surface area contributed by atoms with Crippen molar-refractivity contribution in [3.05, 3.63) is 11.9 Å². The molecule has 1 N–H and O–H groups in total. The van der Waals surface area contributed by atoms with Crippen LogP contribution >= 0.6 is 0 Å². The lowest BCUT2D eigenvalue weighted by molar-refractivity contribution is 0.187. The molecule has 0 aromatic carbocycles. The van der Waals surface area contributed by atoms with E-state index in [1.165, 1.54) is 19.3 Å². The summed E-state index contributed by atoms with van der Waals surface area (Å²) in [5.74, 6) is 0.990. The van der Waals surface area contributed by atoms with Crippen molar-refractivity contribution >= 4 is 5.95 Å². The van der Waals surface area contributed by atoms with E-state index in [2.05, 4.69) is 34.9 Å². The Morgan fingerprint density at radius 2 is 2.33 bits per heavy atom. The van der Waals surface area contributed by atoms with Gasteiger partial charge >= 0.3 is 0 Å². The molecule has 4 heteroatoms. The predicted octanol–water partition coefficient (Wildman–Crippen LogP) is 2.83. The van der Waals surface area contributed by atoms with Crippen LogP contribution in [0.5, 0.6) is 0 Å². The third-order valence-electron chi connectivity index (χ3n) is 3.99. The van der Waals surface area contributed by atoms with Gasteiger partial charge in [0.1, 0.15) is 0 Å². The number of hydrogen-bond donors (Lipinski definition) is 1. The average Bonchev–Trinajstić information content (AvgIpc) is 2.80. The summed E-state index contributed by atoms with van der Waals surface area (Å²) >= 11 is 0. The zero-order valence-electron chi connectivity index (χ0n) is 12.0. The Bertz CT molecular complexity index is 398. The van der Waals surface area contributed by atoms with E-state index in [1.807, 2.05) is 6.92 Å². The average molecular weight is 251 g/mol. The Balaban J connectivity index is 2.08. The zero-order chi connectivity index (χ0) is 13.2. The highest BCUT2D eigenvalue weighted by Gasteiger charge is 2.35. The molecule has 0 radical (unpaired) electrons. The highest BCUT2D eigenvalue weighted by molar-refractivity contribution is 5.31. The van der Waals surface area contributed by atoms with Crippen molar-refractivity contribution in [1.82, 2.24) is 9.55 Å². The summed E-state index contributed by atoms with van der Waals surface area (Å²) in [6, 6.07) is 0.528. The van der Waals surface area contributed by atoms with Gasteiger partial charge in [0, 0.05) is 25.9 Å². The number of imidazole rings is 1. The summed E-state index contributed by atoms with van der Waals surface area (Å²) < 4.78 is 7.30. The molecule has 1 aliphatic carbocycles. The lowest BCUT2D eigenvalue weighted by Crippen LogP contribution is -2.32. The van der Waals surface area contributed by atoms with Crippen molar-refractivity contribution in [2.45, 2.75) is 52.6 Å². The second-order valence-corrected chi connectivity index (χ2v) is 5.97. The number of ether oxygens (including phenoxy) is 1. The van der Waals surface area contributed by atoms with E-state index in [1.54, 1.807) is 7.11 Å². The standard InChI is InChI=1S/C14H25N3O/c1-11-10-17(8-9-18-4)13(15-11)16-12-6-5-7-14(12,2)3/h10,12H,5-9H2,1-4H3,(H,15,16). The number of nitrogens with zero attached hydrogens (tertiary/aromatic N) is 2. The first-order valence-electron chi connectivity index (χ1n) is 6.82. The van der Waals surface area contributed by atoms with Crippen LogP contribution in [0.15, 0.2) is 6.20 Å². The van der Waals surface area contributed by atoms with Gasteiger partial charge in [-0.15, -0.1) is 0 Å². The molecule has 18 heavy (non-hydrogen) atoms.